The monoisotopic (exact) mass is 526 g/mol. The molecule has 3 aromatic rings. The highest BCUT2D eigenvalue weighted by Crippen LogP contribution is 2.34. The molecule has 1 unspecified atom stereocenters. The average molecular weight is 527 g/mol. The van der Waals surface area contributed by atoms with Crippen molar-refractivity contribution in [3.8, 4) is 0 Å². The Hall–Kier alpha value is -1.71. The number of aryl methyl sites for hydroxylation is 1. The third kappa shape index (κ3) is 5.87. The van der Waals surface area contributed by atoms with Crippen LogP contribution in [0, 0.1) is 6.92 Å². The number of ether oxygens (including phenoxy) is 1. The van der Waals surface area contributed by atoms with Crippen LogP contribution in [0.3, 0.4) is 0 Å². The summed E-state index contributed by atoms with van der Waals surface area (Å²) in [6.45, 7) is 3.02. The molecule has 1 aromatic heterocycles. The number of thiazole rings is 1. The molecule has 2 aromatic carbocycles. The molecule has 10 heteroatoms. The van der Waals surface area contributed by atoms with Crippen molar-refractivity contribution in [2.24, 2.45) is 0 Å². The molecule has 176 valence electrons. The maximum Gasteiger partial charge on any atom is 0.228 e. The van der Waals surface area contributed by atoms with E-state index in [1.165, 1.54) is 23.5 Å². The molecule has 4 rings (SSSR count). The molecule has 1 fully saturated rings. The molecule has 1 aliphatic heterocycles. The van der Waals surface area contributed by atoms with Crippen LogP contribution in [0.4, 0.5) is 5.13 Å². The summed E-state index contributed by atoms with van der Waals surface area (Å²) in [5.41, 5.74) is 1.76. The van der Waals surface area contributed by atoms with Gasteiger partial charge in [-0.25, -0.2) is 13.4 Å². The minimum Gasteiger partial charge on any atom is -0.376 e. The quantitative estimate of drug-likeness (QED) is 0.377. The summed E-state index contributed by atoms with van der Waals surface area (Å²) in [5, 5.41) is 1.68. The lowest BCUT2D eigenvalue weighted by molar-refractivity contribution is -0.119. The molecule has 1 aliphatic rings. The van der Waals surface area contributed by atoms with Crippen molar-refractivity contribution in [1.29, 1.82) is 0 Å². The Labute approximate surface area is 207 Å². The lowest BCUT2D eigenvalue weighted by atomic mass is 10.2. The number of halogens is 2. The van der Waals surface area contributed by atoms with Crippen LogP contribution in [0.15, 0.2) is 41.3 Å². The van der Waals surface area contributed by atoms with Crippen LogP contribution in [0.2, 0.25) is 10.0 Å². The number of hydrogen-bond acceptors (Lipinski definition) is 6. The van der Waals surface area contributed by atoms with E-state index in [9.17, 15) is 13.2 Å². The van der Waals surface area contributed by atoms with Crippen molar-refractivity contribution >= 4 is 65.6 Å². The first kappa shape index (κ1) is 24.4. The summed E-state index contributed by atoms with van der Waals surface area (Å²) in [7, 11) is -3.50. The van der Waals surface area contributed by atoms with E-state index in [1.807, 2.05) is 19.1 Å². The van der Waals surface area contributed by atoms with Gasteiger partial charge < -0.3 is 4.74 Å². The zero-order valence-electron chi connectivity index (χ0n) is 18.1. The van der Waals surface area contributed by atoms with E-state index in [4.69, 9.17) is 32.9 Å². The number of fused-ring (bicyclic) bond motifs is 1. The summed E-state index contributed by atoms with van der Waals surface area (Å²) >= 11 is 13.5. The molecule has 0 N–H and O–H groups in total. The number of aromatic nitrogens is 1. The van der Waals surface area contributed by atoms with Crippen molar-refractivity contribution in [2.45, 2.75) is 43.6 Å². The molecule has 0 spiro atoms. The van der Waals surface area contributed by atoms with Gasteiger partial charge in [-0.1, -0.05) is 34.5 Å². The van der Waals surface area contributed by atoms with Crippen molar-refractivity contribution in [2.75, 3.05) is 23.8 Å². The van der Waals surface area contributed by atoms with Gasteiger partial charge in [-0.3, -0.25) is 9.69 Å². The van der Waals surface area contributed by atoms with Gasteiger partial charge in [-0.15, -0.1) is 0 Å². The van der Waals surface area contributed by atoms with Gasteiger partial charge in [0, 0.05) is 23.1 Å². The highest BCUT2D eigenvalue weighted by Gasteiger charge is 2.27. The normalized spacial score (nSPS) is 16.4. The number of carbonyl (C=O) groups excluding carboxylic acids is 1. The second kappa shape index (κ2) is 10.3. The fraction of sp³-hybridized carbons (Fsp3) is 0.391. The molecule has 0 bridgehead atoms. The second-order valence-corrected chi connectivity index (χ2v) is 12.1. The minimum absolute atomic E-state index is 0.0524. The number of amides is 1. The van der Waals surface area contributed by atoms with Gasteiger partial charge in [0.05, 0.1) is 33.5 Å². The summed E-state index contributed by atoms with van der Waals surface area (Å²) < 4.78 is 31.9. The summed E-state index contributed by atoms with van der Waals surface area (Å²) in [6.07, 6.45) is 2.09. The van der Waals surface area contributed by atoms with Crippen molar-refractivity contribution in [3.05, 3.63) is 52.0 Å². The Bertz CT molecular complexity index is 1250. The Kier molecular flexibility index (Phi) is 7.60. The predicted octanol–water partition coefficient (Wildman–Crippen LogP) is 5.68. The molecule has 1 atom stereocenters. The van der Waals surface area contributed by atoms with E-state index in [0.29, 0.717) is 28.3 Å². The molecule has 1 saturated heterocycles. The maximum absolute atomic E-state index is 13.2. The lowest BCUT2D eigenvalue weighted by Crippen LogP contribution is -2.37. The van der Waals surface area contributed by atoms with Crippen LogP contribution in [0.1, 0.15) is 31.2 Å². The molecule has 0 saturated carbocycles. The number of anilines is 1. The summed E-state index contributed by atoms with van der Waals surface area (Å²) in [4.78, 5) is 19.8. The summed E-state index contributed by atoms with van der Waals surface area (Å²) in [6, 6.07) is 9.75. The van der Waals surface area contributed by atoms with Crippen molar-refractivity contribution < 1.29 is 17.9 Å². The first-order valence-electron chi connectivity index (χ1n) is 10.7. The number of rotatable bonds is 8. The highest BCUT2D eigenvalue weighted by atomic mass is 35.5. The molecule has 6 nitrogen and oxygen atoms in total. The molecule has 33 heavy (non-hydrogen) atoms. The first-order chi connectivity index (χ1) is 15.7. The third-order valence-corrected chi connectivity index (χ3v) is 8.87. The summed E-state index contributed by atoms with van der Waals surface area (Å²) in [5.74, 6) is -0.289. The topological polar surface area (TPSA) is 76.6 Å². The van der Waals surface area contributed by atoms with Crippen LogP contribution in [0.25, 0.3) is 10.2 Å². The van der Waals surface area contributed by atoms with E-state index >= 15 is 0 Å². The van der Waals surface area contributed by atoms with E-state index in [-0.39, 0.29) is 35.5 Å². The number of nitrogens with zero attached hydrogens (tertiary/aromatic N) is 2. The van der Waals surface area contributed by atoms with Gasteiger partial charge in [0.1, 0.15) is 0 Å². The highest BCUT2D eigenvalue weighted by molar-refractivity contribution is 7.91. The average Bonchev–Trinajstić information content (AvgIpc) is 3.42. The van der Waals surface area contributed by atoms with Gasteiger partial charge in [-0.2, -0.15) is 0 Å². The molecule has 1 amide bonds. The Morgan fingerprint density at radius 2 is 1.97 bits per heavy atom. The van der Waals surface area contributed by atoms with E-state index < -0.39 is 9.84 Å². The Morgan fingerprint density at radius 3 is 2.67 bits per heavy atom. The number of carbonyl (C=O) groups is 1. The van der Waals surface area contributed by atoms with E-state index in [0.717, 1.165) is 28.6 Å². The Balaban J connectivity index is 1.50. The number of hydrogen-bond donors (Lipinski definition) is 0. The molecule has 0 radical (unpaired) electrons. The fourth-order valence-electron chi connectivity index (χ4n) is 3.84. The Morgan fingerprint density at radius 1 is 1.21 bits per heavy atom. The van der Waals surface area contributed by atoms with Gasteiger partial charge in [0.15, 0.2) is 15.0 Å². The first-order valence-corrected chi connectivity index (χ1v) is 13.9. The van der Waals surface area contributed by atoms with Crippen LogP contribution in [0.5, 0.6) is 0 Å². The SMILES string of the molecule is Cc1cc(Cl)cc2sc(N(CC3CCCO3)C(=O)CCCS(=O)(=O)c3ccc(Cl)cc3)nc12. The van der Waals surface area contributed by atoms with Gasteiger partial charge in [0.2, 0.25) is 5.91 Å². The van der Waals surface area contributed by atoms with Crippen LogP contribution >= 0.6 is 34.5 Å². The molecular formula is C23H24Cl2N2O4S2. The minimum atomic E-state index is -3.50. The van der Waals surface area contributed by atoms with Crippen molar-refractivity contribution in [1.82, 2.24) is 4.98 Å². The predicted molar refractivity (Wildman–Crippen MR) is 133 cm³/mol. The second-order valence-electron chi connectivity index (χ2n) is 8.08. The van der Waals surface area contributed by atoms with Crippen molar-refractivity contribution in [3.63, 3.8) is 0 Å². The fourth-order valence-corrected chi connectivity index (χ4v) is 6.73. The third-order valence-electron chi connectivity index (χ3n) is 5.56. The molecule has 0 aliphatic carbocycles. The number of sulfone groups is 1. The van der Waals surface area contributed by atoms with Gasteiger partial charge in [0.25, 0.3) is 0 Å². The largest absolute Gasteiger partial charge is 0.376 e. The lowest BCUT2D eigenvalue weighted by Gasteiger charge is -2.23. The van der Waals surface area contributed by atoms with Crippen LogP contribution in [-0.4, -0.2) is 44.3 Å². The number of benzene rings is 2. The standard InChI is InChI=1S/C23H24Cl2N2O4S2/c1-15-12-17(25)13-20-22(15)26-23(32-20)27(14-18-4-2-10-31-18)21(28)5-3-11-33(29,30)19-8-6-16(24)7-9-19/h6-9,12-13,18H,2-5,10-11,14H2,1H3. The van der Waals surface area contributed by atoms with Crippen LogP contribution in [-0.2, 0) is 19.4 Å². The maximum atomic E-state index is 13.2. The van der Waals surface area contributed by atoms with E-state index in [2.05, 4.69) is 0 Å². The van der Waals surface area contributed by atoms with Gasteiger partial charge >= 0.3 is 0 Å². The smallest absolute Gasteiger partial charge is 0.228 e. The molecule has 2 heterocycles. The zero-order valence-corrected chi connectivity index (χ0v) is 21.2. The van der Waals surface area contributed by atoms with Crippen LogP contribution < -0.4 is 4.90 Å². The molecular weight excluding hydrogens is 503 g/mol. The van der Waals surface area contributed by atoms with Gasteiger partial charge in [-0.05, 0) is 68.1 Å². The van der Waals surface area contributed by atoms with E-state index in [1.54, 1.807) is 17.0 Å². The zero-order chi connectivity index (χ0) is 23.6.